The molecule has 0 aliphatic heterocycles. The van der Waals surface area contributed by atoms with Gasteiger partial charge in [0.15, 0.2) is 0 Å². The summed E-state index contributed by atoms with van der Waals surface area (Å²) in [6.45, 7) is 3.21. The molecule has 0 fully saturated rings. The Hall–Kier alpha value is -0.770. The Labute approximate surface area is 94.7 Å². The van der Waals surface area contributed by atoms with Crippen molar-refractivity contribution >= 4 is 11.6 Å². The lowest BCUT2D eigenvalue weighted by molar-refractivity contribution is 0.183. The molecule has 0 aromatic heterocycles. The summed E-state index contributed by atoms with van der Waals surface area (Å²) in [4.78, 5) is 0. The van der Waals surface area contributed by atoms with Crippen LogP contribution in [0, 0.1) is 0 Å². The minimum atomic E-state index is -0.277. The highest BCUT2D eigenvalue weighted by Gasteiger charge is 2.00. The van der Waals surface area contributed by atoms with Crippen molar-refractivity contribution in [3.63, 3.8) is 0 Å². The first kappa shape index (κ1) is 12.3. The standard InChI is InChI=1S/C11H16ClNO2/c1-8(14)4-5-13-7-9-2-3-11(15)10(12)6-9/h2-3,6,8,13-15H,4-5,7H2,1H3. The summed E-state index contributed by atoms with van der Waals surface area (Å²) in [7, 11) is 0. The van der Waals surface area contributed by atoms with Crippen molar-refractivity contribution in [2.75, 3.05) is 6.54 Å². The zero-order chi connectivity index (χ0) is 11.3. The Morgan fingerprint density at radius 3 is 2.80 bits per heavy atom. The number of benzene rings is 1. The molecule has 3 nitrogen and oxygen atoms in total. The molecule has 0 spiro atoms. The fourth-order valence-corrected chi connectivity index (χ4v) is 1.41. The van der Waals surface area contributed by atoms with Crippen LogP contribution < -0.4 is 5.32 Å². The van der Waals surface area contributed by atoms with Gasteiger partial charge in [-0.25, -0.2) is 0 Å². The van der Waals surface area contributed by atoms with Gasteiger partial charge in [-0.05, 0) is 37.6 Å². The fourth-order valence-electron chi connectivity index (χ4n) is 1.20. The van der Waals surface area contributed by atoms with Gasteiger partial charge in [0, 0.05) is 6.54 Å². The van der Waals surface area contributed by atoms with E-state index >= 15 is 0 Å². The molecule has 4 heteroatoms. The minimum Gasteiger partial charge on any atom is -0.506 e. The number of aliphatic hydroxyl groups is 1. The molecule has 0 saturated carbocycles. The maximum atomic E-state index is 9.20. The first-order valence-electron chi connectivity index (χ1n) is 4.96. The average Bonchev–Trinajstić information content (AvgIpc) is 2.18. The molecule has 0 amide bonds. The van der Waals surface area contributed by atoms with Gasteiger partial charge in [0.1, 0.15) is 5.75 Å². The molecule has 1 aromatic carbocycles. The Morgan fingerprint density at radius 1 is 1.47 bits per heavy atom. The number of aromatic hydroxyl groups is 1. The van der Waals surface area contributed by atoms with Crippen LogP contribution in [-0.4, -0.2) is 22.9 Å². The van der Waals surface area contributed by atoms with E-state index in [0.717, 1.165) is 18.5 Å². The number of halogens is 1. The summed E-state index contributed by atoms with van der Waals surface area (Å²) in [5, 5.41) is 21.8. The summed E-state index contributed by atoms with van der Waals surface area (Å²) in [5.41, 5.74) is 1.02. The number of nitrogens with one attached hydrogen (secondary N) is 1. The molecule has 0 aliphatic rings. The highest BCUT2D eigenvalue weighted by atomic mass is 35.5. The van der Waals surface area contributed by atoms with Crippen LogP contribution >= 0.6 is 11.6 Å². The lowest BCUT2D eigenvalue weighted by atomic mass is 10.2. The maximum absolute atomic E-state index is 9.20. The third kappa shape index (κ3) is 4.51. The number of phenolic OH excluding ortho intramolecular Hbond substituents is 1. The Balaban J connectivity index is 2.35. The number of aliphatic hydroxyl groups excluding tert-OH is 1. The highest BCUT2D eigenvalue weighted by molar-refractivity contribution is 6.32. The third-order valence-corrected chi connectivity index (χ3v) is 2.38. The summed E-state index contributed by atoms with van der Waals surface area (Å²) in [6, 6.07) is 5.12. The Morgan fingerprint density at radius 2 is 2.20 bits per heavy atom. The van der Waals surface area contributed by atoms with Gasteiger partial charge in [-0.2, -0.15) is 0 Å². The van der Waals surface area contributed by atoms with Gasteiger partial charge < -0.3 is 15.5 Å². The second kappa shape index (κ2) is 5.95. The van der Waals surface area contributed by atoms with Crippen LogP contribution in [0.3, 0.4) is 0 Å². The second-order valence-corrected chi connectivity index (χ2v) is 4.01. The fraction of sp³-hybridized carbons (Fsp3) is 0.455. The van der Waals surface area contributed by atoms with Gasteiger partial charge >= 0.3 is 0 Å². The molecule has 0 radical (unpaired) electrons. The van der Waals surface area contributed by atoms with Gasteiger partial charge in [-0.3, -0.25) is 0 Å². The van der Waals surface area contributed by atoms with Crippen molar-refractivity contribution in [1.29, 1.82) is 0 Å². The first-order valence-corrected chi connectivity index (χ1v) is 5.33. The molecule has 0 bridgehead atoms. The summed E-state index contributed by atoms with van der Waals surface area (Å²) in [6.07, 6.45) is 0.451. The van der Waals surface area contributed by atoms with Crippen LogP contribution in [0.1, 0.15) is 18.9 Å². The van der Waals surface area contributed by atoms with E-state index < -0.39 is 0 Å². The van der Waals surface area contributed by atoms with Crippen molar-refractivity contribution in [3.05, 3.63) is 28.8 Å². The largest absolute Gasteiger partial charge is 0.506 e. The van der Waals surface area contributed by atoms with E-state index in [-0.39, 0.29) is 11.9 Å². The number of rotatable bonds is 5. The van der Waals surface area contributed by atoms with Gasteiger partial charge in [0.25, 0.3) is 0 Å². The predicted octanol–water partition coefficient (Wildman–Crippen LogP) is 1.91. The quantitative estimate of drug-likeness (QED) is 0.676. The van der Waals surface area contributed by atoms with Crippen molar-refractivity contribution in [1.82, 2.24) is 5.32 Å². The SMILES string of the molecule is CC(O)CCNCc1ccc(O)c(Cl)c1. The Kier molecular flexibility index (Phi) is 4.88. The van der Waals surface area contributed by atoms with E-state index in [1.54, 1.807) is 19.1 Å². The summed E-state index contributed by atoms with van der Waals surface area (Å²) < 4.78 is 0. The first-order chi connectivity index (χ1) is 7.09. The molecule has 3 N–H and O–H groups in total. The summed E-state index contributed by atoms with van der Waals surface area (Å²) >= 11 is 5.76. The number of hydrogen-bond donors (Lipinski definition) is 3. The van der Waals surface area contributed by atoms with Crippen molar-refractivity contribution in [3.8, 4) is 5.75 Å². The van der Waals surface area contributed by atoms with E-state index in [1.807, 2.05) is 6.07 Å². The van der Waals surface area contributed by atoms with E-state index in [0.29, 0.717) is 11.6 Å². The molecule has 1 atom stereocenters. The second-order valence-electron chi connectivity index (χ2n) is 3.60. The van der Waals surface area contributed by atoms with Crippen molar-refractivity contribution in [2.45, 2.75) is 26.0 Å². The topological polar surface area (TPSA) is 52.5 Å². The molecule has 0 saturated heterocycles. The smallest absolute Gasteiger partial charge is 0.134 e. The molecule has 84 valence electrons. The van der Waals surface area contributed by atoms with Crippen LogP contribution in [-0.2, 0) is 6.54 Å². The van der Waals surface area contributed by atoms with Crippen LogP contribution in [0.5, 0.6) is 5.75 Å². The monoisotopic (exact) mass is 229 g/mol. The molecule has 1 aromatic rings. The van der Waals surface area contributed by atoms with Gasteiger partial charge in [-0.1, -0.05) is 17.7 Å². The lowest BCUT2D eigenvalue weighted by Gasteiger charge is -2.07. The highest BCUT2D eigenvalue weighted by Crippen LogP contribution is 2.23. The molecule has 1 unspecified atom stereocenters. The third-order valence-electron chi connectivity index (χ3n) is 2.08. The molecule has 0 heterocycles. The molecule has 1 rings (SSSR count). The molecule has 0 aliphatic carbocycles. The van der Waals surface area contributed by atoms with Crippen molar-refractivity contribution < 1.29 is 10.2 Å². The van der Waals surface area contributed by atoms with Gasteiger partial charge in [0.05, 0.1) is 11.1 Å². The number of hydrogen-bond acceptors (Lipinski definition) is 3. The maximum Gasteiger partial charge on any atom is 0.134 e. The van der Waals surface area contributed by atoms with Crippen molar-refractivity contribution in [2.24, 2.45) is 0 Å². The van der Waals surface area contributed by atoms with E-state index in [9.17, 15) is 5.11 Å². The Bertz CT molecular complexity index is 315. The van der Waals surface area contributed by atoms with Crippen LogP contribution in [0.25, 0.3) is 0 Å². The minimum absolute atomic E-state index is 0.101. The van der Waals surface area contributed by atoms with Gasteiger partial charge in [-0.15, -0.1) is 0 Å². The van der Waals surface area contributed by atoms with E-state index in [1.165, 1.54) is 0 Å². The number of phenols is 1. The van der Waals surface area contributed by atoms with Crippen LogP contribution in [0.4, 0.5) is 0 Å². The summed E-state index contributed by atoms with van der Waals surface area (Å²) in [5.74, 6) is 0.101. The molecular formula is C11H16ClNO2. The molecule has 15 heavy (non-hydrogen) atoms. The van der Waals surface area contributed by atoms with E-state index in [2.05, 4.69) is 5.32 Å². The zero-order valence-corrected chi connectivity index (χ0v) is 9.46. The van der Waals surface area contributed by atoms with E-state index in [4.69, 9.17) is 16.7 Å². The predicted molar refractivity (Wildman–Crippen MR) is 61.1 cm³/mol. The van der Waals surface area contributed by atoms with Gasteiger partial charge in [0.2, 0.25) is 0 Å². The zero-order valence-electron chi connectivity index (χ0n) is 8.70. The normalized spacial score (nSPS) is 12.7. The molecular weight excluding hydrogens is 214 g/mol. The van der Waals surface area contributed by atoms with Crippen LogP contribution in [0.15, 0.2) is 18.2 Å². The lowest BCUT2D eigenvalue weighted by Crippen LogP contribution is -2.18. The average molecular weight is 230 g/mol. The van der Waals surface area contributed by atoms with Crippen LogP contribution in [0.2, 0.25) is 5.02 Å².